The van der Waals surface area contributed by atoms with Crippen molar-refractivity contribution in [1.29, 1.82) is 0 Å². The number of piperidine rings is 1. The Bertz CT molecular complexity index is 599. The molecule has 1 heterocycles. The van der Waals surface area contributed by atoms with E-state index < -0.39 is 22.3 Å². The fraction of sp³-hybridized carbons (Fsp3) is 0.417. The molecule has 2 N–H and O–H groups in total. The first-order valence-electron chi connectivity index (χ1n) is 6.37. The summed E-state index contributed by atoms with van der Waals surface area (Å²) >= 11 is 0. The number of rotatable bonds is 3. The number of nitrogens with one attached hydrogen (secondary N) is 2. The second-order valence-electron chi connectivity index (χ2n) is 4.72. The van der Waals surface area contributed by atoms with Gasteiger partial charge in [-0.25, -0.2) is 9.18 Å². The molecule has 2 rings (SSSR count). The zero-order valence-corrected chi connectivity index (χ0v) is 11.9. The maximum atomic E-state index is 12.8. The summed E-state index contributed by atoms with van der Waals surface area (Å²) in [6, 6.07) is 4.59. The lowest BCUT2D eigenvalue weighted by molar-refractivity contribution is 0.237. The van der Waals surface area contributed by atoms with Crippen LogP contribution in [0.5, 0.6) is 0 Å². The van der Waals surface area contributed by atoms with Gasteiger partial charge in [0.25, 0.3) is 0 Å². The van der Waals surface area contributed by atoms with E-state index in [1.54, 1.807) is 0 Å². The number of anilines is 1. The van der Waals surface area contributed by atoms with Gasteiger partial charge >= 0.3 is 16.4 Å². The average Bonchev–Trinajstić information content (AvgIpc) is 2.41. The summed E-state index contributed by atoms with van der Waals surface area (Å²) in [7, 11) is -4.66. The molecule has 2 amide bonds. The Morgan fingerprint density at radius 2 is 1.76 bits per heavy atom. The standard InChI is InChI=1S/C12H15F2N3O3S/c13-9-1-3-10(4-2-9)15-12(18)16-11-5-7-17(8-6-11)21(14,19)20/h1-4,11H,5-8H2,(H2,15,16,18). The number of hydrogen-bond donors (Lipinski definition) is 2. The number of halogens is 2. The zero-order chi connectivity index (χ0) is 15.5. The lowest BCUT2D eigenvalue weighted by Gasteiger charge is -2.29. The molecule has 9 heteroatoms. The summed E-state index contributed by atoms with van der Waals surface area (Å²) < 4.78 is 47.6. The molecule has 0 unspecified atom stereocenters. The Morgan fingerprint density at radius 3 is 2.29 bits per heavy atom. The topological polar surface area (TPSA) is 78.5 Å². The molecule has 1 saturated heterocycles. The number of benzene rings is 1. The van der Waals surface area contributed by atoms with Gasteiger partial charge in [0.05, 0.1) is 0 Å². The Hall–Kier alpha value is -1.74. The van der Waals surface area contributed by atoms with Crippen molar-refractivity contribution in [1.82, 2.24) is 9.62 Å². The molecular formula is C12H15F2N3O3S. The molecule has 21 heavy (non-hydrogen) atoms. The van der Waals surface area contributed by atoms with Gasteiger partial charge in [0.1, 0.15) is 5.82 Å². The second-order valence-corrected chi connectivity index (χ2v) is 6.06. The summed E-state index contributed by atoms with van der Waals surface area (Å²) in [6.07, 6.45) is 0.667. The molecule has 0 atom stereocenters. The molecule has 1 fully saturated rings. The van der Waals surface area contributed by atoms with Crippen LogP contribution in [0.2, 0.25) is 0 Å². The predicted molar refractivity (Wildman–Crippen MR) is 73.2 cm³/mol. The van der Waals surface area contributed by atoms with Crippen LogP contribution in [0, 0.1) is 5.82 Å². The molecular weight excluding hydrogens is 304 g/mol. The van der Waals surface area contributed by atoms with Crippen molar-refractivity contribution in [3.63, 3.8) is 0 Å². The highest BCUT2D eigenvalue weighted by Gasteiger charge is 2.28. The average molecular weight is 319 g/mol. The van der Waals surface area contributed by atoms with Crippen LogP contribution < -0.4 is 10.6 Å². The monoisotopic (exact) mass is 319 g/mol. The van der Waals surface area contributed by atoms with Crippen molar-refractivity contribution in [2.45, 2.75) is 18.9 Å². The van der Waals surface area contributed by atoms with Crippen LogP contribution in [-0.2, 0) is 10.4 Å². The minimum absolute atomic E-state index is 0.0281. The van der Waals surface area contributed by atoms with E-state index in [-0.39, 0.29) is 19.1 Å². The SMILES string of the molecule is O=C(Nc1ccc(F)cc1)NC1CCN(S(=O)(=O)F)CC1. The molecule has 116 valence electrons. The number of carbonyl (C=O) groups is 1. The highest BCUT2D eigenvalue weighted by molar-refractivity contribution is 7.83. The third kappa shape index (κ3) is 4.64. The summed E-state index contributed by atoms with van der Waals surface area (Å²) in [5, 5.41) is 5.20. The molecule has 0 radical (unpaired) electrons. The fourth-order valence-electron chi connectivity index (χ4n) is 2.10. The largest absolute Gasteiger partial charge is 0.374 e. The minimum Gasteiger partial charge on any atom is -0.335 e. The van der Waals surface area contributed by atoms with Crippen LogP contribution in [0.1, 0.15) is 12.8 Å². The Kier molecular flexibility index (Phi) is 4.73. The molecule has 0 spiro atoms. The molecule has 1 aromatic rings. The van der Waals surface area contributed by atoms with Gasteiger partial charge in [-0.15, -0.1) is 0 Å². The van der Waals surface area contributed by atoms with Crippen molar-refractivity contribution >= 4 is 22.1 Å². The van der Waals surface area contributed by atoms with E-state index in [0.717, 1.165) is 4.31 Å². The molecule has 0 saturated carbocycles. The molecule has 6 nitrogen and oxygen atoms in total. The van der Waals surface area contributed by atoms with Crippen molar-refractivity contribution in [2.24, 2.45) is 0 Å². The molecule has 1 aliphatic rings. The van der Waals surface area contributed by atoms with E-state index in [1.165, 1.54) is 24.3 Å². The van der Waals surface area contributed by atoms with Gasteiger partial charge in [0, 0.05) is 24.8 Å². The van der Waals surface area contributed by atoms with Gasteiger partial charge in [0.2, 0.25) is 0 Å². The van der Waals surface area contributed by atoms with Crippen molar-refractivity contribution in [3.8, 4) is 0 Å². The number of amides is 2. The van der Waals surface area contributed by atoms with Gasteiger partial charge in [-0.1, -0.05) is 3.89 Å². The van der Waals surface area contributed by atoms with Crippen molar-refractivity contribution in [3.05, 3.63) is 30.1 Å². The van der Waals surface area contributed by atoms with E-state index in [9.17, 15) is 21.5 Å². The zero-order valence-electron chi connectivity index (χ0n) is 11.1. The minimum atomic E-state index is -4.66. The number of hydrogen-bond acceptors (Lipinski definition) is 3. The van der Waals surface area contributed by atoms with E-state index in [2.05, 4.69) is 10.6 Å². The number of nitrogens with zero attached hydrogens (tertiary/aromatic N) is 1. The second kappa shape index (κ2) is 6.35. The van der Waals surface area contributed by atoms with Gasteiger partial charge in [-0.3, -0.25) is 0 Å². The van der Waals surface area contributed by atoms with Crippen molar-refractivity contribution in [2.75, 3.05) is 18.4 Å². The van der Waals surface area contributed by atoms with Crippen LogP contribution in [0.25, 0.3) is 0 Å². The van der Waals surface area contributed by atoms with Gasteiger partial charge in [-0.05, 0) is 37.1 Å². The van der Waals surface area contributed by atoms with Crippen molar-refractivity contribution < 1.29 is 21.5 Å². The van der Waals surface area contributed by atoms with E-state index in [0.29, 0.717) is 18.5 Å². The summed E-state index contributed by atoms with van der Waals surface area (Å²) in [5.41, 5.74) is 0.442. The van der Waals surface area contributed by atoms with E-state index in [4.69, 9.17) is 0 Å². The quantitative estimate of drug-likeness (QED) is 0.831. The Morgan fingerprint density at radius 1 is 1.19 bits per heavy atom. The maximum Gasteiger partial charge on any atom is 0.374 e. The van der Waals surface area contributed by atoms with Crippen LogP contribution in [-0.4, -0.2) is 37.9 Å². The Balaban J connectivity index is 1.80. The third-order valence-corrected chi connectivity index (χ3v) is 4.18. The fourth-order valence-corrected chi connectivity index (χ4v) is 2.75. The smallest absolute Gasteiger partial charge is 0.335 e. The summed E-state index contributed by atoms with van der Waals surface area (Å²) in [4.78, 5) is 11.7. The highest BCUT2D eigenvalue weighted by atomic mass is 32.3. The first-order chi connectivity index (χ1) is 9.84. The third-order valence-electron chi connectivity index (χ3n) is 3.20. The lowest BCUT2D eigenvalue weighted by Crippen LogP contribution is -2.46. The first-order valence-corrected chi connectivity index (χ1v) is 7.71. The number of carbonyl (C=O) groups excluding carboxylic acids is 1. The summed E-state index contributed by atoms with van der Waals surface area (Å²) in [6.45, 7) is 0.0562. The molecule has 1 aliphatic heterocycles. The first kappa shape index (κ1) is 15.6. The maximum absolute atomic E-state index is 12.8. The highest BCUT2D eigenvalue weighted by Crippen LogP contribution is 2.15. The molecule has 1 aromatic carbocycles. The van der Waals surface area contributed by atoms with Crippen LogP contribution in [0.3, 0.4) is 0 Å². The van der Waals surface area contributed by atoms with Gasteiger partial charge in [-0.2, -0.15) is 12.7 Å². The van der Waals surface area contributed by atoms with Crippen LogP contribution in [0.15, 0.2) is 24.3 Å². The normalized spacial score (nSPS) is 17.4. The molecule has 0 bridgehead atoms. The molecule has 0 aliphatic carbocycles. The number of urea groups is 1. The van der Waals surface area contributed by atoms with E-state index in [1.807, 2.05) is 0 Å². The molecule has 0 aromatic heterocycles. The van der Waals surface area contributed by atoms with Crippen LogP contribution >= 0.6 is 0 Å². The van der Waals surface area contributed by atoms with Crippen LogP contribution in [0.4, 0.5) is 18.8 Å². The Labute approximate surface area is 121 Å². The predicted octanol–water partition coefficient (Wildman–Crippen LogP) is 1.63. The summed E-state index contributed by atoms with van der Waals surface area (Å²) in [5.74, 6) is -0.402. The van der Waals surface area contributed by atoms with Gasteiger partial charge < -0.3 is 10.6 Å². The van der Waals surface area contributed by atoms with Gasteiger partial charge in [0.15, 0.2) is 0 Å². The lowest BCUT2D eigenvalue weighted by atomic mass is 10.1. The van der Waals surface area contributed by atoms with E-state index >= 15 is 0 Å².